The van der Waals surface area contributed by atoms with Crippen molar-refractivity contribution in [3.8, 4) is 23.0 Å². The maximum absolute atomic E-state index is 13.7. The number of methoxy groups -OCH3 is 2. The number of fused-ring (bicyclic) bond motifs is 6. The fourth-order valence-electron chi connectivity index (χ4n) is 7.24. The number of hydrogen-bond acceptors (Lipinski definition) is 9. The van der Waals surface area contributed by atoms with Gasteiger partial charge in [-0.25, -0.2) is 0 Å². The molecule has 0 aromatic heterocycles. The van der Waals surface area contributed by atoms with Crippen molar-refractivity contribution in [2.75, 3.05) is 40.5 Å². The smallest absolute Gasteiger partial charge is 0.257 e. The summed E-state index contributed by atoms with van der Waals surface area (Å²) in [6.45, 7) is 2.89. The van der Waals surface area contributed by atoms with E-state index in [2.05, 4.69) is 29.6 Å². The number of nitrogens with one attached hydrogen (secondary N) is 1. The van der Waals surface area contributed by atoms with E-state index in [0.717, 1.165) is 24.0 Å². The topological polar surface area (TPSA) is 114 Å². The van der Waals surface area contributed by atoms with Crippen LogP contribution >= 0.6 is 0 Å². The van der Waals surface area contributed by atoms with Gasteiger partial charge in [-0.15, -0.1) is 0 Å². The van der Waals surface area contributed by atoms with Gasteiger partial charge in [0.2, 0.25) is 0 Å². The van der Waals surface area contributed by atoms with Crippen molar-refractivity contribution in [3.05, 3.63) is 106 Å². The Morgan fingerprint density at radius 3 is 1.49 bits per heavy atom. The van der Waals surface area contributed by atoms with Gasteiger partial charge in [-0.1, -0.05) is 48.5 Å². The van der Waals surface area contributed by atoms with Crippen molar-refractivity contribution in [2.24, 2.45) is 9.98 Å². The molecular formula is C40H39N5O6. The number of ether oxygens (including phenoxy) is 4. The molecular weight excluding hydrogens is 646 g/mol. The Morgan fingerprint density at radius 2 is 1.06 bits per heavy atom. The molecule has 1 N–H and O–H groups in total. The second-order valence-electron chi connectivity index (χ2n) is 13.0. The molecule has 4 aromatic carbocycles. The highest BCUT2D eigenvalue weighted by Crippen LogP contribution is 2.40. The first-order valence-electron chi connectivity index (χ1n) is 17.2. The quantitative estimate of drug-likeness (QED) is 0.225. The number of carbonyl (C=O) groups is 2. The zero-order valence-corrected chi connectivity index (χ0v) is 28.6. The third-order valence-electron chi connectivity index (χ3n) is 9.97. The van der Waals surface area contributed by atoms with Gasteiger partial charge in [0, 0.05) is 50.7 Å². The molecule has 0 fully saturated rings. The van der Waals surface area contributed by atoms with E-state index >= 15 is 0 Å². The molecule has 0 aliphatic carbocycles. The van der Waals surface area contributed by atoms with Gasteiger partial charge in [-0.05, 0) is 47.2 Å². The van der Waals surface area contributed by atoms with E-state index < -0.39 is 0 Å². The predicted octanol–water partition coefficient (Wildman–Crippen LogP) is 5.32. The standard InChI is InChI=1S/C40H39N5O6/c1-48-35-17-31-33(42-21-29-15-25-7-3-5-9-27(25)23-44(29)39(31)46)19-37(35)50-13-11-41-12-14-51-38-20-34-32(18-36(38)49-2)40(47)45-24-28-10-6-4-8-26(28)16-30(45)22-43-34/h3-10,17-22,29-30,41H,11-16,23-24H2,1-2H3/t29-,30?/m0/s1. The van der Waals surface area contributed by atoms with E-state index in [1.54, 1.807) is 38.5 Å². The summed E-state index contributed by atoms with van der Waals surface area (Å²) in [4.78, 5) is 40.5. The lowest BCUT2D eigenvalue weighted by atomic mass is 9.94. The van der Waals surface area contributed by atoms with Crippen molar-refractivity contribution >= 4 is 35.6 Å². The molecule has 4 aliphatic rings. The molecule has 11 heteroatoms. The van der Waals surface area contributed by atoms with Gasteiger partial charge in [0.15, 0.2) is 23.0 Å². The van der Waals surface area contributed by atoms with Crippen LogP contribution in [0.2, 0.25) is 0 Å². The van der Waals surface area contributed by atoms with Gasteiger partial charge in [-0.2, -0.15) is 0 Å². The van der Waals surface area contributed by atoms with Gasteiger partial charge in [-0.3, -0.25) is 19.6 Å². The lowest BCUT2D eigenvalue weighted by molar-refractivity contribution is 0.0696. The first-order valence-corrected chi connectivity index (χ1v) is 17.2. The number of benzene rings is 4. The third-order valence-corrected chi connectivity index (χ3v) is 9.97. The molecule has 4 aliphatic heterocycles. The molecule has 0 saturated carbocycles. The number of hydrogen-bond donors (Lipinski definition) is 1. The van der Waals surface area contributed by atoms with Crippen molar-refractivity contribution < 1.29 is 28.5 Å². The molecule has 0 saturated heterocycles. The molecule has 8 rings (SSSR count). The minimum Gasteiger partial charge on any atom is -0.493 e. The Labute approximate surface area is 296 Å². The monoisotopic (exact) mass is 685 g/mol. The van der Waals surface area contributed by atoms with E-state index in [9.17, 15) is 9.59 Å². The largest absolute Gasteiger partial charge is 0.493 e. The predicted molar refractivity (Wildman–Crippen MR) is 194 cm³/mol. The fraction of sp³-hybridized carbons (Fsp3) is 0.300. The van der Waals surface area contributed by atoms with Gasteiger partial charge in [0.05, 0.1) is 48.8 Å². The second-order valence-corrected chi connectivity index (χ2v) is 13.0. The van der Waals surface area contributed by atoms with Crippen LogP contribution in [0, 0.1) is 0 Å². The lowest BCUT2D eigenvalue weighted by Crippen LogP contribution is -2.44. The highest BCUT2D eigenvalue weighted by atomic mass is 16.5. The van der Waals surface area contributed by atoms with Crippen molar-refractivity contribution in [1.29, 1.82) is 0 Å². The van der Waals surface area contributed by atoms with Crippen LogP contribution in [-0.2, 0) is 25.9 Å². The summed E-state index contributed by atoms with van der Waals surface area (Å²) in [5.74, 6) is 1.86. The summed E-state index contributed by atoms with van der Waals surface area (Å²) >= 11 is 0. The molecule has 51 heavy (non-hydrogen) atoms. The summed E-state index contributed by atoms with van der Waals surface area (Å²) < 4.78 is 23.4. The van der Waals surface area contributed by atoms with Gasteiger partial charge in [0.1, 0.15) is 13.2 Å². The molecule has 2 atom stereocenters. The number of rotatable bonds is 10. The Balaban J connectivity index is 0.864. The maximum atomic E-state index is 13.7. The SMILES string of the molecule is COc1cc2c(cc1OCCNCCOc1cc3c(cc1OC)C(=O)N1Cc4ccccc4C[C@H]1C=N3)N=CC1Cc3ccccc3CN1C2=O. The molecule has 0 radical (unpaired) electrons. The summed E-state index contributed by atoms with van der Waals surface area (Å²) in [6.07, 6.45) is 5.20. The van der Waals surface area contributed by atoms with Crippen LogP contribution in [0.1, 0.15) is 43.0 Å². The summed E-state index contributed by atoms with van der Waals surface area (Å²) in [5, 5.41) is 3.33. The molecule has 1 unspecified atom stereocenters. The summed E-state index contributed by atoms with van der Waals surface area (Å²) in [6, 6.07) is 23.3. The normalized spacial score (nSPS) is 18.3. The highest BCUT2D eigenvalue weighted by molar-refractivity contribution is 6.04. The summed E-state index contributed by atoms with van der Waals surface area (Å²) in [7, 11) is 3.13. The van der Waals surface area contributed by atoms with Gasteiger partial charge < -0.3 is 34.1 Å². The minimum atomic E-state index is -0.108. The molecule has 4 heterocycles. The summed E-state index contributed by atoms with van der Waals surface area (Å²) in [5.41, 5.74) is 6.94. The van der Waals surface area contributed by atoms with Gasteiger partial charge in [0.25, 0.3) is 11.8 Å². The van der Waals surface area contributed by atoms with E-state index in [1.807, 2.05) is 46.5 Å². The second kappa shape index (κ2) is 13.9. The molecule has 11 nitrogen and oxygen atoms in total. The first-order chi connectivity index (χ1) is 25.0. The molecule has 2 amide bonds. The molecule has 4 aromatic rings. The van der Waals surface area contributed by atoms with E-state index in [-0.39, 0.29) is 23.9 Å². The Morgan fingerprint density at radius 1 is 0.627 bits per heavy atom. The third kappa shape index (κ3) is 6.29. The first kappa shape index (κ1) is 32.5. The Kier molecular flexibility index (Phi) is 8.87. The zero-order chi connectivity index (χ0) is 34.9. The number of nitrogens with zero attached hydrogens (tertiary/aromatic N) is 4. The van der Waals surface area contributed by atoms with Crippen LogP contribution in [0.25, 0.3) is 0 Å². The molecule has 0 spiro atoms. The van der Waals surface area contributed by atoms with E-state index in [1.165, 1.54) is 11.1 Å². The van der Waals surface area contributed by atoms with Crippen LogP contribution < -0.4 is 24.3 Å². The zero-order valence-electron chi connectivity index (χ0n) is 28.6. The average Bonchev–Trinajstić information content (AvgIpc) is 3.38. The average molecular weight is 686 g/mol. The van der Waals surface area contributed by atoms with Crippen LogP contribution in [0.5, 0.6) is 23.0 Å². The van der Waals surface area contributed by atoms with Crippen molar-refractivity contribution in [2.45, 2.75) is 38.0 Å². The Bertz CT molecular complexity index is 1920. The van der Waals surface area contributed by atoms with Crippen LogP contribution in [0.15, 0.2) is 82.8 Å². The minimum absolute atomic E-state index is 0.0696. The van der Waals surface area contributed by atoms with Crippen LogP contribution in [0.4, 0.5) is 11.4 Å². The van der Waals surface area contributed by atoms with E-state index in [0.29, 0.717) is 84.9 Å². The number of aliphatic imine (C=N–C) groups is 2. The highest BCUT2D eigenvalue weighted by Gasteiger charge is 2.34. The van der Waals surface area contributed by atoms with Crippen molar-refractivity contribution in [1.82, 2.24) is 15.1 Å². The molecule has 0 bridgehead atoms. The van der Waals surface area contributed by atoms with E-state index in [4.69, 9.17) is 28.9 Å². The van der Waals surface area contributed by atoms with Crippen molar-refractivity contribution in [3.63, 3.8) is 0 Å². The fourth-order valence-corrected chi connectivity index (χ4v) is 7.24. The number of amides is 2. The Hall–Kier alpha value is -5.68. The van der Waals surface area contributed by atoms with Crippen LogP contribution in [-0.4, -0.2) is 86.6 Å². The lowest BCUT2D eigenvalue weighted by Gasteiger charge is -2.34. The maximum Gasteiger partial charge on any atom is 0.257 e. The van der Waals surface area contributed by atoms with Gasteiger partial charge >= 0.3 is 0 Å². The van der Waals surface area contributed by atoms with Crippen LogP contribution in [0.3, 0.4) is 0 Å². The number of carbonyl (C=O) groups excluding carboxylic acids is 2. The molecule has 260 valence electrons.